The Bertz CT molecular complexity index is 558. The molecule has 1 heterocycles. The Hall–Kier alpha value is -1.97. The summed E-state index contributed by atoms with van der Waals surface area (Å²) >= 11 is 0. The molecule has 114 valence electrons. The minimum absolute atomic E-state index is 0.600. The SMILES string of the molecule is CCCNc1cc(CC(C)C)nn1-c1ccc(OC)cc1. The largest absolute Gasteiger partial charge is 0.497 e. The van der Waals surface area contributed by atoms with E-state index in [1.807, 2.05) is 28.9 Å². The Labute approximate surface area is 127 Å². The van der Waals surface area contributed by atoms with Gasteiger partial charge in [0.05, 0.1) is 18.5 Å². The third-order valence-electron chi connectivity index (χ3n) is 3.25. The van der Waals surface area contributed by atoms with E-state index in [4.69, 9.17) is 9.84 Å². The van der Waals surface area contributed by atoms with Crippen LogP contribution in [0.25, 0.3) is 5.69 Å². The molecule has 1 aromatic carbocycles. The molecule has 0 atom stereocenters. The van der Waals surface area contributed by atoms with Crippen molar-refractivity contribution in [1.82, 2.24) is 9.78 Å². The molecule has 0 saturated carbocycles. The molecule has 0 aliphatic rings. The molecule has 4 heteroatoms. The molecular weight excluding hydrogens is 262 g/mol. The van der Waals surface area contributed by atoms with Crippen molar-refractivity contribution >= 4 is 5.82 Å². The second-order valence-electron chi connectivity index (χ2n) is 5.66. The lowest BCUT2D eigenvalue weighted by Gasteiger charge is -2.09. The monoisotopic (exact) mass is 287 g/mol. The quantitative estimate of drug-likeness (QED) is 0.839. The van der Waals surface area contributed by atoms with Gasteiger partial charge in [-0.3, -0.25) is 0 Å². The molecule has 4 nitrogen and oxygen atoms in total. The van der Waals surface area contributed by atoms with Gasteiger partial charge in [-0.05, 0) is 43.0 Å². The van der Waals surface area contributed by atoms with Gasteiger partial charge in [0, 0.05) is 12.6 Å². The molecule has 2 rings (SSSR count). The van der Waals surface area contributed by atoms with Gasteiger partial charge < -0.3 is 10.1 Å². The number of nitrogens with zero attached hydrogens (tertiary/aromatic N) is 2. The summed E-state index contributed by atoms with van der Waals surface area (Å²) in [7, 11) is 1.68. The van der Waals surface area contributed by atoms with E-state index in [-0.39, 0.29) is 0 Å². The van der Waals surface area contributed by atoms with Crippen molar-refractivity contribution in [1.29, 1.82) is 0 Å². The van der Waals surface area contributed by atoms with Gasteiger partial charge in [0.15, 0.2) is 0 Å². The number of hydrogen-bond donors (Lipinski definition) is 1. The average molecular weight is 287 g/mol. The molecule has 0 bridgehead atoms. The highest BCUT2D eigenvalue weighted by molar-refractivity contribution is 5.47. The van der Waals surface area contributed by atoms with Crippen LogP contribution in [0.3, 0.4) is 0 Å². The Kier molecular flexibility index (Phi) is 5.26. The van der Waals surface area contributed by atoms with Crippen LogP contribution < -0.4 is 10.1 Å². The maximum Gasteiger partial charge on any atom is 0.130 e. The fourth-order valence-electron chi connectivity index (χ4n) is 2.25. The van der Waals surface area contributed by atoms with E-state index in [1.165, 1.54) is 0 Å². The summed E-state index contributed by atoms with van der Waals surface area (Å²) in [6.07, 6.45) is 2.08. The predicted molar refractivity (Wildman–Crippen MR) is 87.4 cm³/mol. The standard InChI is InChI=1S/C17H25N3O/c1-5-10-18-17-12-14(11-13(2)3)19-20(17)15-6-8-16(21-4)9-7-15/h6-9,12-13,18H,5,10-11H2,1-4H3. The second kappa shape index (κ2) is 7.16. The summed E-state index contributed by atoms with van der Waals surface area (Å²) in [6, 6.07) is 10.1. The molecule has 0 amide bonds. The highest BCUT2D eigenvalue weighted by Crippen LogP contribution is 2.21. The van der Waals surface area contributed by atoms with Gasteiger partial charge in [0.1, 0.15) is 11.6 Å². The van der Waals surface area contributed by atoms with Crippen LogP contribution in [0, 0.1) is 5.92 Å². The van der Waals surface area contributed by atoms with Gasteiger partial charge in [0.2, 0.25) is 0 Å². The van der Waals surface area contributed by atoms with Gasteiger partial charge in [-0.1, -0.05) is 20.8 Å². The van der Waals surface area contributed by atoms with Gasteiger partial charge in [-0.25, -0.2) is 4.68 Å². The molecule has 0 spiro atoms. The minimum atomic E-state index is 0.600. The number of nitrogens with one attached hydrogen (secondary N) is 1. The molecule has 0 unspecified atom stereocenters. The van der Waals surface area contributed by atoms with Gasteiger partial charge in [-0.2, -0.15) is 5.10 Å². The Morgan fingerprint density at radius 2 is 1.95 bits per heavy atom. The van der Waals surface area contributed by atoms with Crippen LogP contribution >= 0.6 is 0 Å². The first kappa shape index (κ1) is 15.4. The summed E-state index contributed by atoms with van der Waals surface area (Å²) in [4.78, 5) is 0. The third kappa shape index (κ3) is 4.00. The molecule has 21 heavy (non-hydrogen) atoms. The Morgan fingerprint density at radius 1 is 1.24 bits per heavy atom. The molecule has 0 fully saturated rings. The number of anilines is 1. The van der Waals surface area contributed by atoms with Crippen LogP contribution in [0.2, 0.25) is 0 Å². The van der Waals surface area contributed by atoms with Crippen LogP contribution in [0.15, 0.2) is 30.3 Å². The molecule has 2 aromatic rings. The summed E-state index contributed by atoms with van der Waals surface area (Å²) in [6.45, 7) is 7.54. The van der Waals surface area contributed by atoms with Gasteiger partial charge in [-0.15, -0.1) is 0 Å². The first-order chi connectivity index (χ1) is 10.1. The van der Waals surface area contributed by atoms with Gasteiger partial charge in [0.25, 0.3) is 0 Å². The third-order valence-corrected chi connectivity index (χ3v) is 3.25. The smallest absolute Gasteiger partial charge is 0.130 e. The van der Waals surface area contributed by atoms with Crippen molar-refractivity contribution in [3.05, 3.63) is 36.0 Å². The van der Waals surface area contributed by atoms with Crippen LogP contribution in [-0.4, -0.2) is 23.4 Å². The maximum atomic E-state index is 5.21. The van der Waals surface area contributed by atoms with Crippen molar-refractivity contribution < 1.29 is 4.74 Å². The van der Waals surface area contributed by atoms with Crippen molar-refractivity contribution in [3.8, 4) is 11.4 Å². The van der Waals surface area contributed by atoms with E-state index in [9.17, 15) is 0 Å². The first-order valence-corrected chi connectivity index (χ1v) is 7.61. The average Bonchev–Trinajstić information content (AvgIpc) is 2.87. The van der Waals surface area contributed by atoms with E-state index in [0.29, 0.717) is 5.92 Å². The highest BCUT2D eigenvalue weighted by Gasteiger charge is 2.10. The normalized spacial score (nSPS) is 10.9. The zero-order valence-electron chi connectivity index (χ0n) is 13.4. The second-order valence-corrected chi connectivity index (χ2v) is 5.66. The van der Waals surface area contributed by atoms with Crippen LogP contribution in [0.1, 0.15) is 32.9 Å². The zero-order valence-corrected chi connectivity index (χ0v) is 13.4. The summed E-state index contributed by atoms with van der Waals surface area (Å²) in [5.41, 5.74) is 2.17. The predicted octanol–water partition coefficient (Wildman–Crippen LogP) is 3.90. The summed E-state index contributed by atoms with van der Waals surface area (Å²) in [5.74, 6) is 2.51. The van der Waals surface area contributed by atoms with Crippen LogP contribution in [0.4, 0.5) is 5.82 Å². The molecule has 0 aliphatic heterocycles. The summed E-state index contributed by atoms with van der Waals surface area (Å²) in [5, 5.41) is 8.20. The first-order valence-electron chi connectivity index (χ1n) is 7.61. The molecule has 1 aromatic heterocycles. The van der Waals surface area contributed by atoms with Crippen molar-refractivity contribution in [2.24, 2.45) is 5.92 Å². The fraction of sp³-hybridized carbons (Fsp3) is 0.471. The van der Waals surface area contributed by atoms with Crippen LogP contribution in [0.5, 0.6) is 5.75 Å². The molecule has 1 N–H and O–H groups in total. The minimum Gasteiger partial charge on any atom is -0.497 e. The molecule has 0 saturated heterocycles. The Balaban J connectivity index is 2.31. The number of methoxy groups -OCH3 is 1. The van der Waals surface area contributed by atoms with Gasteiger partial charge >= 0.3 is 0 Å². The van der Waals surface area contributed by atoms with E-state index in [2.05, 4.69) is 32.2 Å². The maximum absolute atomic E-state index is 5.21. The van der Waals surface area contributed by atoms with E-state index in [0.717, 1.165) is 42.3 Å². The lowest BCUT2D eigenvalue weighted by Crippen LogP contribution is -2.07. The molecular formula is C17H25N3O. The zero-order chi connectivity index (χ0) is 15.2. The number of benzene rings is 1. The lowest BCUT2D eigenvalue weighted by atomic mass is 10.1. The summed E-state index contributed by atoms with van der Waals surface area (Å²) < 4.78 is 7.19. The number of hydrogen-bond acceptors (Lipinski definition) is 3. The van der Waals surface area contributed by atoms with Crippen molar-refractivity contribution in [2.45, 2.75) is 33.6 Å². The van der Waals surface area contributed by atoms with E-state index >= 15 is 0 Å². The molecule has 0 aliphatic carbocycles. The van der Waals surface area contributed by atoms with Crippen molar-refractivity contribution in [3.63, 3.8) is 0 Å². The number of rotatable bonds is 7. The van der Waals surface area contributed by atoms with E-state index in [1.54, 1.807) is 7.11 Å². The van der Waals surface area contributed by atoms with E-state index < -0.39 is 0 Å². The number of aromatic nitrogens is 2. The number of ether oxygens (including phenoxy) is 1. The molecule has 0 radical (unpaired) electrons. The van der Waals surface area contributed by atoms with Crippen LogP contribution in [-0.2, 0) is 6.42 Å². The highest BCUT2D eigenvalue weighted by atomic mass is 16.5. The van der Waals surface area contributed by atoms with Crippen molar-refractivity contribution in [2.75, 3.05) is 19.0 Å². The topological polar surface area (TPSA) is 39.1 Å². The lowest BCUT2D eigenvalue weighted by molar-refractivity contribution is 0.414. The fourth-order valence-corrected chi connectivity index (χ4v) is 2.25. The Morgan fingerprint density at radius 3 is 2.52 bits per heavy atom.